The van der Waals surface area contributed by atoms with Crippen LogP contribution in [0, 0.1) is 5.92 Å². The average Bonchev–Trinajstić information content (AvgIpc) is 3.19. The Labute approximate surface area is 142 Å². The SMILES string of the molecule is O=C(CC1CCCC1)N1CCC(S(=O)(=O)c2ccc(Cl)cc2)C1. The van der Waals surface area contributed by atoms with Gasteiger partial charge in [0.25, 0.3) is 0 Å². The number of nitrogens with zero attached hydrogens (tertiary/aromatic N) is 1. The van der Waals surface area contributed by atoms with Crippen molar-refractivity contribution in [2.24, 2.45) is 5.92 Å². The summed E-state index contributed by atoms with van der Waals surface area (Å²) in [5, 5.41) is 0.0138. The first kappa shape index (κ1) is 16.8. The lowest BCUT2D eigenvalue weighted by molar-refractivity contribution is -0.131. The molecule has 126 valence electrons. The molecule has 1 aliphatic carbocycles. The lowest BCUT2D eigenvalue weighted by Crippen LogP contribution is -2.32. The minimum Gasteiger partial charge on any atom is -0.341 e. The van der Waals surface area contributed by atoms with E-state index in [1.54, 1.807) is 29.2 Å². The van der Waals surface area contributed by atoms with Crippen molar-refractivity contribution in [1.82, 2.24) is 4.90 Å². The van der Waals surface area contributed by atoms with Crippen LogP contribution in [-0.2, 0) is 14.6 Å². The van der Waals surface area contributed by atoms with Crippen molar-refractivity contribution < 1.29 is 13.2 Å². The van der Waals surface area contributed by atoms with Gasteiger partial charge < -0.3 is 4.90 Å². The third-order valence-corrected chi connectivity index (χ3v) is 7.46. The summed E-state index contributed by atoms with van der Waals surface area (Å²) >= 11 is 5.82. The van der Waals surface area contributed by atoms with E-state index in [1.807, 2.05) is 0 Å². The highest BCUT2D eigenvalue weighted by atomic mass is 35.5. The highest BCUT2D eigenvalue weighted by molar-refractivity contribution is 7.92. The van der Waals surface area contributed by atoms with Crippen molar-refractivity contribution in [3.63, 3.8) is 0 Å². The first-order valence-electron chi connectivity index (χ1n) is 8.24. The summed E-state index contributed by atoms with van der Waals surface area (Å²) in [4.78, 5) is 14.4. The highest BCUT2D eigenvalue weighted by Crippen LogP contribution is 2.30. The fourth-order valence-corrected chi connectivity index (χ4v) is 5.43. The van der Waals surface area contributed by atoms with Gasteiger partial charge in [-0.1, -0.05) is 24.4 Å². The van der Waals surface area contributed by atoms with Gasteiger partial charge in [-0.2, -0.15) is 0 Å². The van der Waals surface area contributed by atoms with Gasteiger partial charge in [-0.15, -0.1) is 0 Å². The number of hydrogen-bond acceptors (Lipinski definition) is 3. The van der Waals surface area contributed by atoms with Gasteiger partial charge in [-0.25, -0.2) is 8.42 Å². The van der Waals surface area contributed by atoms with E-state index < -0.39 is 15.1 Å². The number of carbonyl (C=O) groups excluding carboxylic acids is 1. The summed E-state index contributed by atoms with van der Waals surface area (Å²) in [5.74, 6) is 0.611. The maximum Gasteiger partial charge on any atom is 0.222 e. The Kier molecular flexibility index (Phi) is 4.97. The van der Waals surface area contributed by atoms with E-state index in [0.717, 1.165) is 12.8 Å². The number of rotatable bonds is 4. The Morgan fingerprint density at radius 1 is 1.13 bits per heavy atom. The first-order chi connectivity index (χ1) is 11.0. The van der Waals surface area contributed by atoms with Gasteiger partial charge in [-0.3, -0.25) is 4.79 Å². The second-order valence-corrected chi connectivity index (χ2v) is 9.27. The molecule has 1 saturated heterocycles. The molecule has 23 heavy (non-hydrogen) atoms. The zero-order valence-corrected chi connectivity index (χ0v) is 14.7. The summed E-state index contributed by atoms with van der Waals surface area (Å²) < 4.78 is 25.4. The van der Waals surface area contributed by atoms with E-state index in [9.17, 15) is 13.2 Å². The second-order valence-electron chi connectivity index (χ2n) is 6.60. The Balaban J connectivity index is 1.64. The minimum atomic E-state index is -3.40. The van der Waals surface area contributed by atoms with Gasteiger partial charge in [-0.05, 0) is 49.4 Å². The van der Waals surface area contributed by atoms with Crippen LogP contribution in [0.15, 0.2) is 29.2 Å². The van der Waals surface area contributed by atoms with Crippen LogP contribution >= 0.6 is 11.6 Å². The largest absolute Gasteiger partial charge is 0.341 e. The molecular formula is C17H22ClNO3S. The van der Waals surface area contributed by atoms with Crippen LogP contribution in [0.1, 0.15) is 38.5 Å². The predicted molar refractivity (Wildman–Crippen MR) is 90.2 cm³/mol. The fraction of sp³-hybridized carbons (Fsp3) is 0.588. The maximum atomic E-state index is 12.7. The highest BCUT2D eigenvalue weighted by Gasteiger charge is 2.36. The normalized spacial score (nSPS) is 22.7. The molecule has 0 bridgehead atoms. The monoisotopic (exact) mass is 355 g/mol. The molecule has 6 heteroatoms. The lowest BCUT2D eigenvalue weighted by atomic mass is 10.0. The fourth-order valence-electron chi connectivity index (χ4n) is 3.62. The molecule has 1 unspecified atom stereocenters. The number of benzene rings is 1. The van der Waals surface area contributed by atoms with Crippen molar-refractivity contribution in [2.45, 2.75) is 48.7 Å². The Hall–Kier alpha value is -1.07. The molecule has 3 rings (SSSR count). The molecule has 1 aromatic carbocycles. The molecule has 1 saturated carbocycles. The zero-order valence-electron chi connectivity index (χ0n) is 13.1. The molecule has 1 atom stereocenters. The van der Waals surface area contributed by atoms with Gasteiger partial charge in [0.05, 0.1) is 10.1 Å². The molecule has 1 amide bonds. The van der Waals surface area contributed by atoms with Crippen molar-refractivity contribution in [1.29, 1.82) is 0 Å². The van der Waals surface area contributed by atoms with Crippen LogP contribution in [0.3, 0.4) is 0 Å². The van der Waals surface area contributed by atoms with Crippen LogP contribution < -0.4 is 0 Å². The number of amides is 1. The molecule has 0 aromatic heterocycles. The average molecular weight is 356 g/mol. The molecule has 0 spiro atoms. The Bertz CT molecular complexity index is 666. The third-order valence-electron chi connectivity index (χ3n) is 5.02. The molecule has 1 aliphatic heterocycles. The molecule has 0 N–H and O–H groups in total. The molecule has 1 heterocycles. The zero-order chi connectivity index (χ0) is 16.4. The molecule has 4 nitrogen and oxygen atoms in total. The number of hydrogen-bond donors (Lipinski definition) is 0. The number of likely N-dealkylation sites (tertiary alicyclic amines) is 1. The van der Waals surface area contributed by atoms with Gasteiger partial charge in [0, 0.05) is 24.5 Å². The smallest absolute Gasteiger partial charge is 0.222 e. The summed E-state index contributed by atoms with van der Waals surface area (Å²) in [7, 11) is -3.40. The van der Waals surface area contributed by atoms with E-state index in [2.05, 4.69) is 0 Å². The van der Waals surface area contributed by atoms with E-state index in [1.165, 1.54) is 12.8 Å². The predicted octanol–water partition coefficient (Wildman–Crippen LogP) is 3.29. The van der Waals surface area contributed by atoms with Crippen LogP contribution in [0.25, 0.3) is 0 Å². The minimum absolute atomic E-state index is 0.116. The summed E-state index contributed by atoms with van der Waals surface area (Å²) in [5.41, 5.74) is 0. The van der Waals surface area contributed by atoms with Crippen LogP contribution in [0.4, 0.5) is 0 Å². The number of carbonyl (C=O) groups is 1. The van der Waals surface area contributed by atoms with Crippen molar-refractivity contribution in [3.05, 3.63) is 29.3 Å². The quantitative estimate of drug-likeness (QED) is 0.832. The van der Waals surface area contributed by atoms with Gasteiger partial charge >= 0.3 is 0 Å². The number of halogens is 1. The van der Waals surface area contributed by atoms with Crippen molar-refractivity contribution in [3.8, 4) is 0 Å². The second kappa shape index (κ2) is 6.81. The summed E-state index contributed by atoms with van der Waals surface area (Å²) in [6.07, 6.45) is 5.78. The molecule has 1 aromatic rings. The van der Waals surface area contributed by atoms with Gasteiger partial charge in [0.2, 0.25) is 5.91 Å². The van der Waals surface area contributed by atoms with Crippen molar-refractivity contribution in [2.75, 3.05) is 13.1 Å². The van der Waals surface area contributed by atoms with E-state index in [-0.39, 0.29) is 10.8 Å². The third kappa shape index (κ3) is 3.72. The summed E-state index contributed by atoms with van der Waals surface area (Å²) in [6.45, 7) is 0.861. The first-order valence-corrected chi connectivity index (χ1v) is 10.2. The Morgan fingerprint density at radius 3 is 2.43 bits per heavy atom. The lowest BCUT2D eigenvalue weighted by Gasteiger charge is -2.19. The van der Waals surface area contributed by atoms with E-state index in [4.69, 9.17) is 11.6 Å². The molecule has 2 aliphatic rings. The summed E-state index contributed by atoms with van der Waals surface area (Å²) in [6, 6.07) is 6.26. The topological polar surface area (TPSA) is 54.5 Å². The molecular weight excluding hydrogens is 334 g/mol. The van der Waals surface area contributed by atoms with Crippen LogP contribution in [0.2, 0.25) is 5.02 Å². The Morgan fingerprint density at radius 2 is 1.78 bits per heavy atom. The van der Waals surface area contributed by atoms with Crippen molar-refractivity contribution >= 4 is 27.3 Å². The molecule has 0 radical (unpaired) electrons. The van der Waals surface area contributed by atoms with Gasteiger partial charge in [0.15, 0.2) is 9.84 Å². The maximum absolute atomic E-state index is 12.7. The molecule has 2 fully saturated rings. The van der Waals surface area contributed by atoms with Crippen LogP contribution in [-0.4, -0.2) is 37.6 Å². The van der Waals surface area contributed by atoms with Crippen LogP contribution in [0.5, 0.6) is 0 Å². The van der Waals surface area contributed by atoms with Gasteiger partial charge in [0.1, 0.15) is 0 Å². The number of sulfone groups is 1. The van der Waals surface area contributed by atoms with E-state index in [0.29, 0.717) is 36.9 Å². The standard InChI is InChI=1S/C17H22ClNO3S/c18-14-5-7-15(8-6-14)23(21,22)16-9-10-19(12-16)17(20)11-13-3-1-2-4-13/h5-8,13,16H,1-4,9-12H2. The van der Waals surface area contributed by atoms with E-state index >= 15 is 0 Å².